The Morgan fingerprint density at radius 2 is 2.08 bits per heavy atom. The largest absolute Gasteiger partial charge is 0.478 e. The second-order valence-electron chi connectivity index (χ2n) is 3.02. The number of carboxylic acids is 1. The maximum absolute atomic E-state index is 10.7. The number of hydrogen-bond donors (Lipinski definition) is 1. The number of halogens is 1. The first-order valence-corrected chi connectivity index (χ1v) is 4.49. The van der Waals surface area contributed by atoms with Gasteiger partial charge in [0, 0.05) is 5.88 Å². The number of carboxylic acid groups (broad SMARTS) is 1. The van der Waals surface area contributed by atoms with Crippen molar-refractivity contribution in [2.24, 2.45) is 0 Å². The Bertz CT molecular complexity index is 345. The van der Waals surface area contributed by atoms with Crippen LogP contribution in [0.5, 0.6) is 0 Å². The molecule has 0 heterocycles. The minimum atomic E-state index is -0.908. The van der Waals surface area contributed by atoms with Crippen LogP contribution in [0, 0.1) is 13.8 Å². The molecule has 0 bridgehead atoms. The summed E-state index contributed by atoms with van der Waals surface area (Å²) in [5.74, 6) is -0.553. The molecule has 0 amide bonds. The zero-order valence-corrected chi connectivity index (χ0v) is 8.35. The van der Waals surface area contributed by atoms with Crippen molar-refractivity contribution >= 4 is 17.6 Å². The van der Waals surface area contributed by atoms with Crippen molar-refractivity contribution in [3.05, 3.63) is 34.4 Å². The van der Waals surface area contributed by atoms with Crippen LogP contribution in [0.4, 0.5) is 0 Å². The monoisotopic (exact) mass is 198 g/mol. The topological polar surface area (TPSA) is 37.3 Å². The van der Waals surface area contributed by atoms with Crippen molar-refractivity contribution in [3.8, 4) is 0 Å². The Labute approximate surface area is 82.2 Å². The van der Waals surface area contributed by atoms with E-state index in [0.717, 1.165) is 16.7 Å². The van der Waals surface area contributed by atoms with Gasteiger partial charge in [-0.1, -0.05) is 0 Å². The molecule has 0 saturated heterocycles. The highest BCUT2D eigenvalue weighted by molar-refractivity contribution is 6.17. The van der Waals surface area contributed by atoms with Gasteiger partial charge in [0.15, 0.2) is 0 Å². The maximum atomic E-state index is 10.7. The summed E-state index contributed by atoms with van der Waals surface area (Å²) in [5, 5.41) is 8.78. The molecule has 0 fully saturated rings. The van der Waals surface area contributed by atoms with E-state index in [9.17, 15) is 4.79 Å². The van der Waals surface area contributed by atoms with Crippen LogP contribution in [-0.2, 0) is 5.88 Å². The van der Waals surface area contributed by atoms with Gasteiger partial charge in [-0.15, -0.1) is 11.6 Å². The number of rotatable bonds is 2. The van der Waals surface area contributed by atoms with E-state index in [2.05, 4.69) is 0 Å². The Balaban J connectivity index is 3.30. The van der Waals surface area contributed by atoms with Crippen molar-refractivity contribution in [2.75, 3.05) is 0 Å². The Kier molecular flexibility index (Phi) is 2.94. The van der Waals surface area contributed by atoms with Crippen LogP contribution in [0.3, 0.4) is 0 Å². The normalized spacial score (nSPS) is 10.1. The molecule has 0 aliphatic heterocycles. The molecule has 1 aromatic carbocycles. The van der Waals surface area contributed by atoms with Gasteiger partial charge in [0.25, 0.3) is 0 Å². The van der Waals surface area contributed by atoms with Gasteiger partial charge in [-0.3, -0.25) is 0 Å². The number of carbonyl (C=O) groups is 1. The van der Waals surface area contributed by atoms with Crippen LogP contribution >= 0.6 is 11.6 Å². The smallest absolute Gasteiger partial charge is 0.335 e. The van der Waals surface area contributed by atoms with Crippen molar-refractivity contribution < 1.29 is 9.90 Å². The van der Waals surface area contributed by atoms with Gasteiger partial charge in [-0.25, -0.2) is 4.79 Å². The standard InChI is InChI=1S/C10H11ClO2/c1-6-3-8(10(12)13)4-9(5-11)7(6)2/h3-4H,5H2,1-2H3,(H,12,13). The van der Waals surface area contributed by atoms with Crippen LogP contribution in [0.2, 0.25) is 0 Å². The van der Waals surface area contributed by atoms with E-state index in [4.69, 9.17) is 16.7 Å². The molecule has 0 aromatic heterocycles. The van der Waals surface area contributed by atoms with E-state index in [0.29, 0.717) is 11.4 Å². The lowest BCUT2D eigenvalue weighted by atomic mass is 10.0. The van der Waals surface area contributed by atoms with Crippen molar-refractivity contribution in [2.45, 2.75) is 19.7 Å². The third-order valence-electron chi connectivity index (χ3n) is 2.17. The SMILES string of the molecule is Cc1cc(C(=O)O)cc(CCl)c1C. The summed E-state index contributed by atoms with van der Waals surface area (Å²) in [6.07, 6.45) is 0. The third kappa shape index (κ3) is 2.01. The summed E-state index contributed by atoms with van der Waals surface area (Å²) in [7, 11) is 0. The van der Waals surface area contributed by atoms with Gasteiger partial charge in [-0.2, -0.15) is 0 Å². The molecule has 0 radical (unpaired) electrons. The summed E-state index contributed by atoms with van der Waals surface area (Å²) >= 11 is 5.69. The first-order valence-electron chi connectivity index (χ1n) is 3.95. The van der Waals surface area contributed by atoms with Gasteiger partial charge in [0.05, 0.1) is 5.56 Å². The van der Waals surface area contributed by atoms with Crippen LogP contribution in [0.15, 0.2) is 12.1 Å². The fraction of sp³-hybridized carbons (Fsp3) is 0.300. The lowest BCUT2D eigenvalue weighted by Gasteiger charge is -2.07. The second-order valence-corrected chi connectivity index (χ2v) is 3.28. The summed E-state index contributed by atoms with van der Waals surface area (Å²) in [6, 6.07) is 3.28. The highest BCUT2D eigenvalue weighted by atomic mass is 35.5. The summed E-state index contributed by atoms with van der Waals surface area (Å²) in [4.78, 5) is 10.7. The minimum absolute atomic E-state index is 0.304. The molecule has 0 saturated carbocycles. The Morgan fingerprint density at radius 3 is 2.54 bits per heavy atom. The number of benzene rings is 1. The third-order valence-corrected chi connectivity index (χ3v) is 2.45. The number of aryl methyl sites for hydroxylation is 1. The first-order chi connectivity index (χ1) is 6.06. The summed E-state index contributed by atoms with van der Waals surface area (Å²) in [5.41, 5.74) is 3.23. The summed E-state index contributed by atoms with van der Waals surface area (Å²) in [6.45, 7) is 3.83. The molecule has 0 atom stereocenters. The average molecular weight is 199 g/mol. The average Bonchev–Trinajstić information content (AvgIpc) is 2.09. The van der Waals surface area contributed by atoms with Crippen LogP contribution in [-0.4, -0.2) is 11.1 Å². The van der Waals surface area contributed by atoms with Crippen molar-refractivity contribution in [1.82, 2.24) is 0 Å². The zero-order valence-electron chi connectivity index (χ0n) is 7.60. The van der Waals surface area contributed by atoms with E-state index < -0.39 is 5.97 Å². The molecule has 0 spiro atoms. The van der Waals surface area contributed by atoms with Gasteiger partial charge >= 0.3 is 5.97 Å². The number of aromatic carboxylic acids is 1. The molecule has 2 nitrogen and oxygen atoms in total. The van der Waals surface area contributed by atoms with Gasteiger partial charge < -0.3 is 5.11 Å². The van der Waals surface area contributed by atoms with Gasteiger partial charge in [0.2, 0.25) is 0 Å². The Morgan fingerprint density at radius 1 is 1.46 bits per heavy atom. The van der Waals surface area contributed by atoms with Gasteiger partial charge in [-0.05, 0) is 42.7 Å². The molecule has 70 valence electrons. The number of hydrogen-bond acceptors (Lipinski definition) is 1. The van der Waals surface area contributed by atoms with Crippen LogP contribution < -0.4 is 0 Å². The molecule has 0 unspecified atom stereocenters. The second kappa shape index (κ2) is 3.79. The highest BCUT2D eigenvalue weighted by Gasteiger charge is 2.08. The molecule has 13 heavy (non-hydrogen) atoms. The molecule has 1 N–H and O–H groups in total. The van der Waals surface area contributed by atoms with E-state index in [-0.39, 0.29) is 0 Å². The molecular weight excluding hydrogens is 188 g/mol. The van der Waals surface area contributed by atoms with E-state index in [1.54, 1.807) is 12.1 Å². The fourth-order valence-corrected chi connectivity index (χ4v) is 1.47. The maximum Gasteiger partial charge on any atom is 0.335 e. The number of alkyl halides is 1. The lowest BCUT2D eigenvalue weighted by molar-refractivity contribution is 0.0696. The molecule has 1 aromatic rings. The molecule has 1 rings (SSSR count). The zero-order chi connectivity index (χ0) is 10.0. The molecule has 0 aliphatic rings. The Hall–Kier alpha value is -1.02. The van der Waals surface area contributed by atoms with Crippen LogP contribution in [0.1, 0.15) is 27.0 Å². The molecule has 3 heteroatoms. The fourth-order valence-electron chi connectivity index (χ4n) is 1.19. The first kappa shape index (κ1) is 10.1. The minimum Gasteiger partial charge on any atom is -0.478 e. The van der Waals surface area contributed by atoms with Crippen molar-refractivity contribution in [3.63, 3.8) is 0 Å². The van der Waals surface area contributed by atoms with Crippen molar-refractivity contribution in [1.29, 1.82) is 0 Å². The van der Waals surface area contributed by atoms with E-state index in [1.807, 2.05) is 13.8 Å². The van der Waals surface area contributed by atoms with Gasteiger partial charge in [0.1, 0.15) is 0 Å². The van der Waals surface area contributed by atoms with E-state index >= 15 is 0 Å². The highest BCUT2D eigenvalue weighted by Crippen LogP contribution is 2.18. The van der Waals surface area contributed by atoms with E-state index in [1.165, 1.54) is 0 Å². The lowest BCUT2D eigenvalue weighted by Crippen LogP contribution is -2.00. The molecule has 0 aliphatic carbocycles. The molecular formula is C10H11ClO2. The summed E-state index contributed by atoms with van der Waals surface area (Å²) < 4.78 is 0. The predicted molar refractivity (Wildman–Crippen MR) is 52.4 cm³/mol. The quantitative estimate of drug-likeness (QED) is 0.742. The van der Waals surface area contributed by atoms with Crippen LogP contribution in [0.25, 0.3) is 0 Å². The predicted octanol–water partition coefficient (Wildman–Crippen LogP) is 2.74.